The summed E-state index contributed by atoms with van der Waals surface area (Å²) in [4.78, 5) is 10.4. The Hall–Kier alpha value is -0.160. The van der Waals surface area contributed by atoms with Gasteiger partial charge in [-0.3, -0.25) is 19.6 Å². The highest BCUT2D eigenvalue weighted by atomic mass is 15.5. The van der Waals surface area contributed by atoms with Crippen LogP contribution in [0.3, 0.4) is 0 Å². The fourth-order valence-corrected chi connectivity index (χ4v) is 3.60. The minimum atomic E-state index is 0.556. The molecule has 0 N–H and O–H groups in total. The van der Waals surface area contributed by atoms with Crippen LogP contribution in [0.25, 0.3) is 0 Å². The molecule has 0 amide bonds. The quantitative estimate of drug-likeness (QED) is 0.477. The van der Waals surface area contributed by atoms with E-state index in [1.54, 1.807) is 0 Å². The lowest BCUT2D eigenvalue weighted by molar-refractivity contribution is -0.0268. The molecule has 4 heteroatoms. The number of nitrogens with zero attached hydrogens (tertiary/aromatic N) is 4. The molecule has 0 aromatic carbocycles. The predicted molar refractivity (Wildman–Crippen MR) is 113 cm³/mol. The van der Waals surface area contributed by atoms with E-state index in [4.69, 9.17) is 0 Å². The summed E-state index contributed by atoms with van der Waals surface area (Å²) in [5.41, 5.74) is 0. The van der Waals surface area contributed by atoms with Gasteiger partial charge in [-0.15, -0.1) is 0 Å². The minimum Gasteiger partial charge on any atom is -0.286 e. The molecule has 0 radical (unpaired) electrons. The fourth-order valence-electron chi connectivity index (χ4n) is 3.60. The highest BCUT2D eigenvalue weighted by molar-refractivity contribution is 4.75. The molecule has 152 valence electrons. The summed E-state index contributed by atoms with van der Waals surface area (Å²) in [5.74, 6) is 0. The van der Waals surface area contributed by atoms with E-state index < -0.39 is 0 Å². The summed E-state index contributed by atoms with van der Waals surface area (Å²) in [5, 5.41) is 0. The maximum Gasteiger partial charge on any atom is 0.0535 e. The van der Waals surface area contributed by atoms with Gasteiger partial charge in [-0.1, -0.05) is 0 Å². The normalized spacial score (nSPS) is 13.7. The highest BCUT2D eigenvalue weighted by Crippen LogP contribution is 2.14. The molecule has 4 nitrogen and oxygen atoms in total. The van der Waals surface area contributed by atoms with Gasteiger partial charge in [-0.05, 0) is 83.1 Å². The highest BCUT2D eigenvalue weighted by Gasteiger charge is 2.25. The van der Waals surface area contributed by atoms with Crippen LogP contribution in [0, 0.1) is 0 Å². The minimum absolute atomic E-state index is 0.556. The lowest BCUT2D eigenvalue weighted by atomic mass is 10.2. The zero-order valence-electron chi connectivity index (χ0n) is 19.4. The van der Waals surface area contributed by atoms with Crippen LogP contribution in [0.2, 0.25) is 0 Å². The second-order valence-electron chi connectivity index (χ2n) is 9.20. The molecule has 0 spiro atoms. The van der Waals surface area contributed by atoms with E-state index >= 15 is 0 Å². The van der Waals surface area contributed by atoms with Gasteiger partial charge in [-0.25, -0.2) is 0 Å². The molecule has 0 unspecified atom stereocenters. The Morgan fingerprint density at radius 1 is 0.360 bits per heavy atom. The molecular formula is C21H48N4. The van der Waals surface area contributed by atoms with Crippen molar-refractivity contribution in [3.63, 3.8) is 0 Å². The van der Waals surface area contributed by atoms with Crippen LogP contribution >= 0.6 is 0 Å². The average Bonchev–Trinajstić information content (AvgIpc) is 2.43. The van der Waals surface area contributed by atoms with Crippen LogP contribution in [-0.2, 0) is 0 Å². The molecule has 0 aliphatic heterocycles. The average molecular weight is 357 g/mol. The van der Waals surface area contributed by atoms with E-state index in [-0.39, 0.29) is 0 Å². The van der Waals surface area contributed by atoms with E-state index in [0.717, 1.165) is 20.0 Å². The van der Waals surface area contributed by atoms with Gasteiger partial charge >= 0.3 is 0 Å². The zero-order valence-corrected chi connectivity index (χ0v) is 19.4. The van der Waals surface area contributed by atoms with Gasteiger partial charge in [0.05, 0.1) is 20.0 Å². The van der Waals surface area contributed by atoms with Crippen LogP contribution in [-0.4, -0.2) is 75.9 Å². The maximum atomic E-state index is 2.62. The van der Waals surface area contributed by atoms with E-state index in [2.05, 4.69) is 103 Å². The first-order chi connectivity index (χ1) is 11.4. The summed E-state index contributed by atoms with van der Waals surface area (Å²) >= 11 is 0. The first kappa shape index (κ1) is 24.8. The van der Waals surface area contributed by atoms with Gasteiger partial charge in [0.1, 0.15) is 0 Å². The standard InChI is InChI=1S/C21H48N4/c1-16(2)23(17(3)4)13-22(14-24(18(5)6)19(7)8)15-25(20(9)10)21(11)12/h16-21H,13-15H2,1-12H3. The molecule has 0 rings (SSSR count). The first-order valence-electron chi connectivity index (χ1n) is 10.4. The summed E-state index contributed by atoms with van der Waals surface area (Å²) in [6, 6.07) is 3.34. The summed E-state index contributed by atoms with van der Waals surface area (Å²) in [7, 11) is 0. The van der Waals surface area contributed by atoms with Crippen molar-refractivity contribution >= 4 is 0 Å². The molecule has 0 aliphatic rings. The number of rotatable bonds is 12. The molecule has 0 aromatic heterocycles. The molecule has 0 aromatic rings. The van der Waals surface area contributed by atoms with Crippen molar-refractivity contribution < 1.29 is 0 Å². The Bertz CT molecular complexity index is 260. The van der Waals surface area contributed by atoms with Crippen LogP contribution in [0.1, 0.15) is 83.1 Å². The topological polar surface area (TPSA) is 13.0 Å². The molecular weight excluding hydrogens is 308 g/mol. The molecule has 0 fully saturated rings. The van der Waals surface area contributed by atoms with Gasteiger partial charge in [-0.2, -0.15) is 0 Å². The van der Waals surface area contributed by atoms with Crippen molar-refractivity contribution in [1.82, 2.24) is 19.6 Å². The Morgan fingerprint density at radius 3 is 0.640 bits per heavy atom. The lowest BCUT2D eigenvalue weighted by Gasteiger charge is -2.43. The van der Waals surface area contributed by atoms with Crippen LogP contribution in [0.15, 0.2) is 0 Å². The lowest BCUT2D eigenvalue weighted by Crippen LogP contribution is -2.55. The molecule has 0 saturated carbocycles. The van der Waals surface area contributed by atoms with Crippen molar-refractivity contribution in [3.8, 4) is 0 Å². The summed E-state index contributed by atoms with van der Waals surface area (Å²) in [6.45, 7) is 30.8. The smallest absolute Gasteiger partial charge is 0.0535 e. The Balaban J connectivity index is 5.40. The predicted octanol–water partition coefficient (Wildman–Crippen LogP) is 4.52. The third-order valence-electron chi connectivity index (χ3n) is 5.07. The van der Waals surface area contributed by atoms with Crippen molar-refractivity contribution in [2.24, 2.45) is 0 Å². The monoisotopic (exact) mass is 356 g/mol. The van der Waals surface area contributed by atoms with Crippen molar-refractivity contribution in [3.05, 3.63) is 0 Å². The van der Waals surface area contributed by atoms with Gasteiger partial charge < -0.3 is 0 Å². The maximum absolute atomic E-state index is 2.62. The van der Waals surface area contributed by atoms with Crippen LogP contribution in [0.5, 0.6) is 0 Å². The van der Waals surface area contributed by atoms with Crippen LogP contribution < -0.4 is 0 Å². The second kappa shape index (κ2) is 11.5. The van der Waals surface area contributed by atoms with E-state index in [1.807, 2.05) is 0 Å². The summed E-state index contributed by atoms with van der Waals surface area (Å²) in [6.07, 6.45) is 0. The second-order valence-corrected chi connectivity index (χ2v) is 9.20. The molecule has 0 heterocycles. The van der Waals surface area contributed by atoms with Crippen molar-refractivity contribution in [1.29, 1.82) is 0 Å². The number of hydrogen-bond donors (Lipinski definition) is 0. The SMILES string of the molecule is CC(C)N(CN(CN(C(C)C)C(C)C)CN(C(C)C)C(C)C)C(C)C. The molecule has 25 heavy (non-hydrogen) atoms. The third kappa shape index (κ3) is 8.85. The molecule has 0 saturated heterocycles. The Labute approximate surface area is 159 Å². The Morgan fingerprint density at radius 2 is 0.520 bits per heavy atom. The van der Waals surface area contributed by atoms with E-state index in [1.165, 1.54) is 0 Å². The third-order valence-corrected chi connectivity index (χ3v) is 5.07. The fraction of sp³-hybridized carbons (Fsp3) is 1.00. The number of hydrogen-bond acceptors (Lipinski definition) is 4. The first-order valence-corrected chi connectivity index (χ1v) is 10.4. The molecule has 0 atom stereocenters. The zero-order chi connectivity index (χ0) is 19.9. The van der Waals surface area contributed by atoms with Crippen molar-refractivity contribution in [2.75, 3.05) is 20.0 Å². The largest absolute Gasteiger partial charge is 0.286 e. The molecule has 0 aliphatic carbocycles. The van der Waals surface area contributed by atoms with Gasteiger partial charge in [0.2, 0.25) is 0 Å². The molecule has 0 bridgehead atoms. The van der Waals surface area contributed by atoms with Gasteiger partial charge in [0.25, 0.3) is 0 Å². The van der Waals surface area contributed by atoms with Gasteiger partial charge in [0.15, 0.2) is 0 Å². The summed E-state index contributed by atoms with van der Waals surface area (Å²) < 4.78 is 0. The van der Waals surface area contributed by atoms with Crippen LogP contribution in [0.4, 0.5) is 0 Å². The van der Waals surface area contributed by atoms with Gasteiger partial charge in [0, 0.05) is 36.3 Å². The Kier molecular flexibility index (Phi) is 11.5. The van der Waals surface area contributed by atoms with E-state index in [0.29, 0.717) is 36.3 Å². The van der Waals surface area contributed by atoms with E-state index in [9.17, 15) is 0 Å². The van der Waals surface area contributed by atoms with Crippen molar-refractivity contribution in [2.45, 2.75) is 119 Å².